The van der Waals surface area contributed by atoms with Gasteiger partial charge in [0.25, 0.3) is 0 Å². The summed E-state index contributed by atoms with van der Waals surface area (Å²) in [6.07, 6.45) is 0.869. The average molecular weight is 390 g/mol. The molecule has 3 rings (SSSR count). The number of halogens is 1. The van der Waals surface area contributed by atoms with Crippen LogP contribution in [0, 0.1) is 0 Å². The van der Waals surface area contributed by atoms with E-state index in [1.54, 1.807) is 13.0 Å². The van der Waals surface area contributed by atoms with Crippen LogP contribution in [0.5, 0.6) is 11.5 Å². The molecule has 27 heavy (non-hydrogen) atoms. The molecule has 0 spiro atoms. The molecule has 0 atom stereocenters. The van der Waals surface area contributed by atoms with Crippen molar-refractivity contribution in [1.82, 2.24) is 0 Å². The standard InChI is InChI=1S/C20H20ClNO5/c1-2-25-20(24)15-6-5-14(12-16(15)21)22-19(23)8-4-13-3-7-17-18(11-13)27-10-9-26-17/h3,5-7,11-12H,2,4,8-10H2,1H3,(H,22,23). The van der Waals surface area contributed by atoms with E-state index in [0.717, 1.165) is 11.3 Å². The maximum Gasteiger partial charge on any atom is 0.339 e. The first-order valence-corrected chi connectivity index (χ1v) is 9.09. The van der Waals surface area contributed by atoms with Gasteiger partial charge in [0, 0.05) is 12.1 Å². The summed E-state index contributed by atoms with van der Waals surface area (Å²) < 4.78 is 16.0. The van der Waals surface area contributed by atoms with Gasteiger partial charge in [-0.3, -0.25) is 4.79 Å². The Morgan fingerprint density at radius 3 is 2.63 bits per heavy atom. The van der Waals surface area contributed by atoms with Gasteiger partial charge in [0.1, 0.15) is 13.2 Å². The summed E-state index contributed by atoms with van der Waals surface area (Å²) in [5.41, 5.74) is 1.79. The van der Waals surface area contributed by atoms with Crippen LogP contribution in [0.2, 0.25) is 5.02 Å². The first-order chi connectivity index (χ1) is 13.1. The van der Waals surface area contributed by atoms with E-state index in [4.69, 9.17) is 25.8 Å². The number of amides is 1. The van der Waals surface area contributed by atoms with Crippen LogP contribution in [0.3, 0.4) is 0 Å². The van der Waals surface area contributed by atoms with Crippen molar-refractivity contribution in [3.05, 3.63) is 52.5 Å². The molecule has 1 heterocycles. The highest BCUT2D eigenvalue weighted by molar-refractivity contribution is 6.34. The third-order valence-electron chi connectivity index (χ3n) is 4.00. The van der Waals surface area contributed by atoms with Crippen LogP contribution in [-0.4, -0.2) is 31.7 Å². The van der Waals surface area contributed by atoms with Gasteiger partial charge in [0.15, 0.2) is 11.5 Å². The summed E-state index contributed by atoms with van der Waals surface area (Å²) in [6.45, 7) is 3.07. The lowest BCUT2D eigenvalue weighted by atomic mass is 10.1. The molecular weight excluding hydrogens is 370 g/mol. The maximum atomic E-state index is 12.2. The average Bonchev–Trinajstić information content (AvgIpc) is 2.66. The molecule has 2 aromatic carbocycles. The number of anilines is 1. The number of hydrogen-bond donors (Lipinski definition) is 1. The molecule has 0 saturated heterocycles. The Labute approximate surface area is 162 Å². The normalized spacial score (nSPS) is 12.4. The molecule has 0 unspecified atom stereocenters. The van der Waals surface area contributed by atoms with Crippen molar-refractivity contribution in [2.45, 2.75) is 19.8 Å². The summed E-state index contributed by atoms with van der Waals surface area (Å²) >= 11 is 6.11. The van der Waals surface area contributed by atoms with Crippen LogP contribution in [-0.2, 0) is 16.0 Å². The van der Waals surface area contributed by atoms with Crippen LogP contribution in [0.4, 0.5) is 5.69 Å². The number of benzene rings is 2. The molecule has 1 amide bonds. The van der Waals surface area contributed by atoms with Crippen molar-refractivity contribution >= 4 is 29.2 Å². The van der Waals surface area contributed by atoms with Crippen molar-refractivity contribution in [1.29, 1.82) is 0 Å². The van der Waals surface area contributed by atoms with Gasteiger partial charge in [0.2, 0.25) is 5.91 Å². The molecule has 0 aromatic heterocycles. The smallest absolute Gasteiger partial charge is 0.339 e. The van der Waals surface area contributed by atoms with Gasteiger partial charge in [0.05, 0.1) is 17.2 Å². The van der Waals surface area contributed by atoms with Crippen molar-refractivity contribution in [3.63, 3.8) is 0 Å². The van der Waals surface area contributed by atoms with Crippen LogP contribution < -0.4 is 14.8 Å². The zero-order chi connectivity index (χ0) is 19.2. The highest BCUT2D eigenvalue weighted by atomic mass is 35.5. The van der Waals surface area contributed by atoms with Gasteiger partial charge in [-0.05, 0) is 49.2 Å². The SMILES string of the molecule is CCOC(=O)c1ccc(NC(=O)CCc2ccc3c(c2)OCCO3)cc1Cl. The molecule has 0 aliphatic carbocycles. The molecule has 0 radical (unpaired) electrons. The highest BCUT2D eigenvalue weighted by Crippen LogP contribution is 2.31. The van der Waals surface area contributed by atoms with Gasteiger partial charge in [-0.1, -0.05) is 17.7 Å². The molecular formula is C20H20ClNO5. The highest BCUT2D eigenvalue weighted by Gasteiger charge is 2.14. The third kappa shape index (κ3) is 4.92. The molecule has 1 aliphatic heterocycles. The van der Waals surface area contributed by atoms with Crippen molar-refractivity contribution in [2.24, 2.45) is 0 Å². The molecule has 7 heteroatoms. The minimum atomic E-state index is -0.487. The van der Waals surface area contributed by atoms with Crippen molar-refractivity contribution in [2.75, 3.05) is 25.1 Å². The molecule has 0 bridgehead atoms. The van der Waals surface area contributed by atoms with E-state index in [1.165, 1.54) is 12.1 Å². The lowest BCUT2D eigenvalue weighted by Crippen LogP contribution is -2.16. The zero-order valence-electron chi connectivity index (χ0n) is 14.9. The number of ether oxygens (including phenoxy) is 3. The Morgan fingerprint density at radius 1 is 1.11 bits per heavy atom. The molecule has 2 aromatic rings. The van der Waals surface area contributed by atoms with Gasteiger partial charge < -0.3 is 19.5 Å². The van der Waals surface area contributed by atoms with E-state index in [-0.39, 0.29) is 23.1 Å². The predicted octanol–water partition coefficient (Wildman–Crippen LogP) is 3.86. The Hall–Kier alpha value is -2.73. The van der Waals surface area contributed by atoms with Crippen LogP contribution in [0.25, 0.3) is 0 Å². The van der Waals surface area contributed by atoms with E-state index in [9.17, 15) is 9.59 Å². The summed E-state index contributed by atoms with van der Waals surface area (Å²) in [7, 11) is 0. The van der Waals surface area contributed by atoms with E-state index in [1.807, 2.05) is 18.2 Å². The molecule has 0 fully saturated rings. The fourth-order valence-electron chi connectivity index (χ4n) is 2.69. The second-order valence-electron chi connectivity index (χ2n) is 5.94. The predicted molar refractivity (Wildman–Crippen MR) is 102 cm³/mol. The van der Waals surface area contributed by atoms with Crippen LogP contribution in [0.1, 0.15) is 29.3 Å². The Morgan fingerprint density at radius 2 is 1.89 bits per heavy atom. The van der Waals surface area contributed by atoms with Gasteiger partial charge in [-0.25, -0.2) is 4.79 Å². The summed E-state index contributed by atoms with van der Waals surface area (Å²) in [4.78, 5) is 24.0. The lowest BCUT2D eigenvalue weighted by molar-refractivity contribution is -0.116. The van der Waals surface area contributed by atoms with E-state index >= 15 is 0 Å². The molecule has 0 saturated carbocycles. The zero-order valence-corrected chi connectivity index (χ0v) is 15.7. The Balaban J connectivity index is 1.56. The summed E-state index contributed by atoms with van der Waals surface area (Å²) in [5, 5.41) is 3.02. The van der Waals surface area contributed by atoms with E-state index in [2.05, 4.69) is 5.32 Å². The largest absolute Gasteiger partial charge is 0.486 e. The summed E-state index contributed by atoms with van der Waals surface area (Å²) in [6, 6.07) is 10.4. The minimum Gasteiger partial charge on any atom is -0.486 e. The number of carbonyl (C=O) groups excluding carboxylic acids is 2. The quantitative estimate of drug-likeness (QED) is 0.759. The third-order valence-corrected chi connectivity index (χ3v) is 4.31. The second-order valence-corrected chi connectivity index (χ2v) is 6.35. The van der Waals surface area contributed by atoms with Crippen molar-refractivity contribution < 1.29 is 23.8 Å². The van der Waals surface area contributed by atoms with Gasteiger partial charge >= 0.3 is 5.97 Å². The number of aryl methyl sites for hydroxylation is 1. The van der Waals surface area contributed by atoms with Crippen molar-refractivity contribution in [3.8, 4) is 11.5 Å². The first-order valence-electron chi connectivity index (χ1n) is 8.72. The van der Waals surface area contributed by atoms with Gasteiger partial charge in [-0.2, -0.15) is 0 Å². The molecule has 142 valence electrons. The number of hydrogen-bond acceptors (Lipinski definition) is 5. The number of nitrogens with one attached hydrogen (secondary N) is 1. The lowest BCUT2D eigenvalue weighted by Gasteiger charge is -2.18. The fraction of sp³-hybridized carbons (Fsp3) is 0.300. The molecule has 1 aliphatic rings. The fourth-order valence-corrected chi connectivity index (χ4v) is 2.95. The number of esters is 1. The Kier molecular flexibility index (Phi) is 6.19. The number of carbonyl (C=O) groups is 2. The maximum absolute atomic E-state index is 12.2. The van der Waals surface area contributed by atoms with Crippen LogP contribution >= 0.6 is 11.6 Å². The van der Waals surface area contributed by atoms with E-state index < -0.39 is 5.97 Å². The second kappa shape index (κ2) is 8.77. The summed E-state index contributed by atoms with van der Waals surface area (Å²) in [5.74, 6) is 0.801. The number of rotatable bonds is 6. The first kappa shape index (κ1) is 19.0. The van der Waals surface area contributed by atoms with E-state index in [0.29, 0.717) is 37.5 Å². The molecule has 1 N–H and O–H groups in total. The monoisotopic (exact) mass is 389 g/mol. The topological polar surface area (TPSA) is 73.9 Å². The number of fused-ring (bicyclic) bond motifs is 1. The van der Waals surface area contributed by atoms with Gasteiger partial charge in [-0.15, -0.1) is 0 Å². The molecule has 6 nitrogen and oxygen atoms in total. The minimum absolute atomic E-state index is 0.148. The van der Waals surface area contributed by atoms with Crippen LogP contribution in [0.15, 0.2) is 36.4 Å². The Bertz CT molecular complexity index is 852.